The molecule has 18 heavy (non-hydrogen) atoms. The van der Waals surface area contributed by atoms with E-state index in [1.165, 1.54) is 0 Å². The molecule has 0 aromatic carbocycles. The van der Waals surface area contributed by atoms with Crippen molar-refractivity contribution >= 4 is 6.03 Å². The lowest BCUT2D eigenvalue weighted by Crippen LogP contribution is -2.43. The van der Waals surface area contributed by atoms with Crippen LogP contribution in [0.25, 0.3) is 0 Å². The fraction of sp³-hybridized carbons (Fsp3) is 0.909. The largest absolute Gasteiger partial charge is 0.391 e. The number of halogens is 3. The molecule has 2 fully saturated rings. The Morgan fingerprint density at radius 3 is 2.33 bits per heavy atom. The van der Waals surface area contributed by atoms with Crippen molar-refractivity contribution in [3.8, 4) is 0 Å². The molecule has 2 heterocycles. The first-order valence-corrected chi connectivity index (χ1v) is 6.28. The number of urea groups is 1. The Kier molecular flexibility index (Phi) is 3.99. The average molecular weight is 265 g/mol. The Bertz CT molecular complexity index is 300. The molecule has 2 saturated heterocycles. The SMILES string of the molecule is O=C1NCCN1CCN1CCC(C(F)(F)F)CC1. The van der Waals surface area contributed by atoms with Gasteiger partial charge < -0.3 is 15.1 Å². The van der Waals surface area contributed by atoms with Crippen LogP contribution in [0.1, 0.15) is 12.8 Å². The number of carbonyl (C=O) groups excluding carboxylic acids is 1. The van der Waals surface area contributed by atoms with Crippen LogP contribution in [0.15, 0.2) is 0 Å². The molecule has 0 aromatic heterocycles. The first-order chi connectivity index (χ1) is 8.47. The van der Waals surface area contributed by atoms with Gasteiger partial charge in [0.15, 0.2) is 0 Å². The van der Waals surface area contributed by atoms with Crippen LogP contribution in [0, 0.1) is 5.92 Å². The Morgan fingerprint density at radius 1 is 1.17 bits per heavy atom. The van der Waals surface area contributed by atoms with Crippen LogP contribution in [0.3, 0.4) is 0 Å². The van der Waals surface area contributed by atoms with Gasteiger partial charge in [-0.15, -0.1) is 0 Å². The predicted octanol–water partition coefficient (Wildman–Crippen LogP) is 1.29. The second-order valence-corrected chi connectivity index (χ2v) is 4.88. The molecule has 2 aliphatic heterocycles. The topological polar surface area (TPSA) is 35.6 Å². The van der Waals surface area contributed by atoms with E-state index in [1.807, 2.05) is 4.90 Å². The van der Waals surface area contributed by atoms with Gasteiger partial charge in [-0.2, -0.15) is 13.2 Å². The molecule has 0 unspecified atom stereocenters. The molecule has 104 valence electrons. The van der Waals surface area contributed by atoms with Crippen molar-refractivity contribution in [1.82, 2.24) is 15.1 Å². The van der Waals surface area contributed by atoms with Gasteiger partial charge >= 0.3 is 12.2 Å². The minimum Gasteiger partial charge on any atom is -0.336 e. The molecule has 0 aliphatic carbocycles. The molecule has 0 atom stereocenters. The molecule has 0 radical (unpaired) electrons. The number of nitrogens with zero attached hydrogens (tertiary/aromatic N) is 2. The molecule has 0 bridgehead atoms. The van der Waals surface area contributed by atoms with Gasteiger partial charge in [0.25, 0.3) is 0 Å². The summed E-state index contributed by atoms with van der Waals surface area (Å²) in [6, 6.07) is -0.0693. The summed E-state index contributed by atoms with van der Waals surface area (Å²) in [6.45, 7) is 3.56. The highest BCUT2D eigenvalue weighted by Gasteiger charge is 2.40. The van der Waals surface area contributed by atoms with Crippen molar-refractivity contribution in [2.24, 2.45) is 5.92 Å². The normalized spacial score (nSPS) is 23.5. The van der Waals surface area contributed by atoms with Gasteiger partial charge in [-0.25, -0.2) is 4.79 Å². The van der Waals surface area contributed by atoms with Gasteiger partial charge in [-0.05, 0) is 25.9 Å². The van der Waals surface area contributed by atoms with Crippen LogP contribution in [0.2, 0.25) is 0 Å². The second kappa shape index (κ2) is 5.34. The molecular formula is C11H18F3N3O. The number of hydrogen-bond acceptors (Lipinski definition) is 2. The Hall–Kier alpha value is -0.980. The third-order valence-electron chi connectivity index (χ3n) is 3.68. The van der Waals surface area contributed by atoms with E-state index in [4.69, 9.17) is 0 Å². The minimum atomic E-state index is -4.05. The number of rotatable bonds is 3. The van der Waals surface area contributed by atoms with Gasteiger partial charge in [0, 0.05) is 26.2 Å². The van der Waals surface area contributed by atoms with Crippen LogP contribution in [0.4, 0.5) is 18.0 Å². The van der Waals surface area contributed by atoms with Crippen molar-refractivity contribution in [2.75, 3.05) is 39.3 Å². The van der Waals surface area contributed by atoms with Crippen LogP contribution < -0.4 is 5.32 Å². The zero-order valence-corrected chi connectivity index (χ0v) is 10.2. The molecule has 4 nitrogen and oxygen atoms in total. The fourth-order valence-corrected chi connectivity index (χ4v) is 2.47. The van der Waals surface area contributed by atoms with Gasteiger partial charge in [0.2, 0.25) is 0 Å². The van der Waals surface area contributed by atoms with Gasteiger partial charge in [-0.3, -0.25) is 0 Å². The number of alkyl halides is 3. The van der Waals surface area contributed by atoms with Gasteiger partial charge in [-0.1, -0.05) is 0 Å². The first kappa shape index (κ1) is 13.5. The van der Waals surface area contributed by atoms with Crippen molar-refractivity contribution in [3.05, 3.63) is 0 Å². The maximum Gasteiger partial charge on any atom is 0.391 e. The smallest absolute Gasteiger partial charge is 0.336 e. The van der Waals surface area contributed by atoms with E-state index >= 15 is 0 Å². The fourth-order valence-electron chi connectivity index (χ4n) is 2.47. The van der Waals surface area contributed by atoms with Gasteiger partial charge in [0.1, 0.15) is 0 Å². The highest BCUT2D eigenvalue weighted by Crippen LogP contribution is 2.33. The summed E-state index contributed by atoms with van der Waals surface area (Å²) in [5, 5.41) is 2.70. The third-order valence-corrected chi connectivity index (χ3v) is 3.68. The van der Waals surface area contributed by atoms with E-state index in [0.29, 0.717) is 39.3 Å². The Balaban J connectivity index is 1.69. The summed E-state index contributed by atoms with van der Waals surface area (Å²) in [6.07, 6.45) is -3.70. The van der Waals surface area contributed by atoms with Crippen LogP contribution in [-0.2, 0) is 0 Å². The summed E-state index contributed by atoms with van der Waals surface area (Å²) in [7, 11) is 0. The second-order valence-electron chi connectivity index (χ2n) is 4.88. The highest BCUT2D eigenvalue weighted by molar-refractivity contribution is 5.76. The molecule has 2 rings (SSSR count). The summed E-state index contributed by atoms with van der Waals surface area (Å²) >= 11 is 0. The van der Waals surface area contributed by atoms with Crippen LogP contribution in [0.5, 0.6) is 0 Å². The monoisotopic (exact) mass is 265 g/mol. The Morgan fingerprint density at radius 2 is 1.83 bits per heavy atom. The van der Waals surface area contributed by atoms with Crippen molar-refractivity contribution in [3.63, 3.8) is 0 Å². The van der Waals surface area contributed by atoms with Crippen molar-refractivity contribution in [2.45, 2.75) is 19.0 Å². The van der Waals surface area contributed by atoms with E-state index in [2.05, 4.69) is 5.32 Å². The number of amides is 2. The van der Waals surface area contributed by atoms with E-state index in [9.17, 15) is 18.0 Å². The standard InChI is InChI=1S/C11H18F3N3O/c12-11(13,14)9-1-4-16(5-2-9)7-8-17-6-3-15-10(17)18/h9H,1-8H2,(H,15,18). The molecule has 2 amide bonds. The van der Waals surface area contributed by atoms with Crippen molar-refractivity contribution < 1.29 is 18.0 Å². The van der Waals surface area contributed by atoms with E-state index < -0.39 is 12.1 Å². The zero-order chi connectivity index (χ0) is 13.2. The van der Waals surface area contributed by atoms with E-state index in [-0.39, 0.29) is 18.9 Å². The first-order valence-electron chi connectivity index (χ1n) is 6.28. The summed E-state index contributed by atoms with van der Waals surface area (Å²) in [4.78, 5) is 15.0. The molecule has 0 aromatic rings. The maximum atomic E-state index is 12.5. The number of piperidine rings is 1. The van der Waals surface area contributed by atoms with Crippen LogP contribution >= 0.6 is 0 Å². The molecule has 1 N–H and O–H groups in total. The molecule has 7 heteroatoms. The highest BCUT2D eigenvalue weighted by atomic mass is 19.4. The van der Waals surface area contributed by atoms with E-state index in [0.717, 1.165) is 0 Å². The summed E-state index contributed by atoms with van der Waals surface area (Å²) < 4.78 is 37.4. The number of likely N-dealkylation sites (tertiary alicyclic amines) is 1. The van der Waals surface area contributed by atoms with Crippen molar-refractivity contribution in [1.29, 1.82) is 0 Å². The predicted molar refractivity (Wildman–Crippen MR) is 60.2 cm³/mol. The van der Waals surface area contributed by atoms with Gasteiger partial charge in [0.05, 0.1) is 5.92 Å². The summed E-state index contributed by atoms with van der Waals surface area (Å²) in [5.41, 5.74) is 0. The lowest BCUT2D eigenvalue weighted by molar-refractivity contribution is -0.185. The number of hydrogen-bond donors (Lipinski definition) is 1. The van der Waals surface area contributed by atoms with Crippen LogP contribution in [-0.4, -0.2) is 61.3 Å². The third kappa shape index (κ3) is 3.28. The molecular weight excluding hydrogens is 247 g/mol. The quantitative estimate of drug-likeness (QED) is 0.834. The number of nitrogens with one attached hydrogen (secondary N) is 1. The Labute approximate surface area is 104 Å². The molecule has 0 saturated carbocycles. The molecule has 2 aliphatic rings. The summed E-state index contributed by atoms with van der Waals surface area (Å²) in [5.74, 6) is -1.15. The van der Waals surface area contributed by atoms with E-state index in [1.54, 1.807) is 4.90 Å². The zero-order valence-electron chi connectivity index (χ0n) is 10.2. The lowest BCUT2D eigenvalue weighted by Gasteiger charge is -2.33. The molecule has 0 spiro atoms. The maximum absolute atomic E-state index is 12.5. The lowest BCUT2D eigenvalue weighted by atomic mass is 9.96. The number of carbonyl (C=O) groups is 1. The minimum absolute atomic E-state index is 0.0693. The average Bonchev–Trinajstić information content (AvgIpc) is 2.72.